The van der Waals surface area contributed by atoms with Crippen LogP contribution in [0.3, 0.4) is 0 Å². The summed E-state index contributed by atoms with van der Waals surface area (Å²) >= 11 is 0. The average Bonchev–Trinajstić information content (AvgIpc) is 2.50. The number of hydrogen-bond acceptors (Lipinski definition) is 4. The summed E-state index contributed by atoms with van der Waals surface area (Å²) in [7, 11) is 0. The third kappa shape index (κ3) is 4.45. The van der Waals surface area contributed by atoms with Crippen LogP contribution in [0.5, 0.6) is 0 Å². The number of benzene rings is 1. The van der Waals surface area contributed by atoms with Gasteiger partial charge in [-0.1, -0.05) is 43.7 Å². The zero-order valence-corrected chi connectivity index (χ0v) is 12.8. The number of nitrogen functional groups attached to an aromatic ring is 1. The SMILES string of the molecule is CCCc1c(N)ncnc1NC(C)CCc1ccccc1. The minimum Gasteiger partial charge on any atom is -0.383 e. The summed E-state index contributed by atoms with van der Waals surface area (Å²) in [6.07, 6.45) is 5.57. The molecule has 4 nitrogen and oxygen atoms in total. The lowest BCUT2D eigenvalue weighted by Crippen LogP contribution is -2.19. The van der Waals surface area contributed by atoms with Crippen LogP contribution in [0.15, 0.2) is 36.7 Å². The second-order valence-electron chi connectivity index (χ2n) is 5.41. The Labute approximate surface area is 126 Å². The summed E-state index contributed by atoms with van der Waals surface area (Å²) in [6, 6.07) is 10.9. The molecule has 1 aromatic heterocycles. The van der Waals surface area contributed by atoms with Gasteiger partial charge in [-0.2, -0.15) is 0 Å². The topological polar surface area (TPSA) is 63.8 Å². The Hall–Kier alpha value is -2.10. The maximum absolute atomic E-state index is 5.96. The van der Waals surface area contributed by atoms with E-state index in [-0.39, 0.29) is 0 Å². The summed E-state index contributed by atoms with van der Waals surface area (Å²) in [4.78, 5) is 8.44. The fourth-order valence-corrected chi connectivity index (χ4v) is 2.38. The van der Waals surface area contributed by atoms with Gasteiger partial charge < -0.3 is 11.1 Å². The van der Waals surface area contributed by atoms with Crippen molar-refractivity contribution in [2.45, 2.75) is 45.6 Å². The van der Waals surface area contributed by atoms with E-state index < -0.39 is 0 Å². The average molecular weight is 284 g/mol. The van der Waals surface area contributed by atoms with Gasteiger partial charge in [-0.05, 0) is 31.7 Å². The van der Waals surface area contributed by atoms with E-state index in [0.29, 0.717) is 11.9 Å². The highest BCUT2D eigenvalue weighted by molar-refractivity contribution is 5.55. The number of anilines is 2. The van der Waals surface area contributed by atoms with Crippen molar-refractivity contribution >= 4 is 11.6 Å². The van der Waals surface area contributed by atoms with E-state index in [9.17, 15) is 0 Å². The lowest BCUT2D eigenvalue weighted by Gasteiger charge is -2.17. The maximum Gasteiger partial charge on any atom is 0.134 e. The molecule has 0 aliphatic rings. The highest BCUT2D eigenvalue weighted by atomic mass is 15.1. The second-order valence-corrected chi connectivity index (χ2v) is 5.41. The monoisotopic (exact) mass is 284 g/mol. The van der Waals surface area contributed by atoms with Gasteiger partial charge in [0.15, 0.2) is 0 Å². The molecule has 0 bridgehead atoms. The molecule has 0 aliphatic carbocycles. The minimum absolute atomic E-state index is 0.343. The smallest absolute Gasteiger partial charge is 0.134 e. The molecule has 112 valence electrons. The number of aryl methyl sites for hydroxylation is 1. The van der Waals surface area contributed by atoms with Crippen molar-refractivity contribution in [3.05, 3.63) is 47.8 Å². The van der Waals surface area contributed by atoms with Crippen molar-refractivity contribution < 1.29 is 0 Å². The van der Waals surface area contributed by atoms with Gasteiger partial charge in [0.05, 0.1) is 0 Å². The molecule has 2 rings (SSSR count). The molecule has 4 heteroatoms. The van der Waals surface area contributed by atoms with Crippen LogP contribution in [0.25, 0.3) is 0 Å². The van der Waals surface area contributed by atoms with E-state index in [2.05, 4.69) is 53.4 Å². The Bertz CT molecular complexity index is 554. The van der Waals surface area contributed by atoms with E-state index in [4.69, 9.17) is 5.73 Å². The predicted molar refractivity (Wildman–Crippen MR) is 88.3 cm³/mol. The van der Waals surface area contributed by atoms with Gasteiger partial charge in [0, 0.05) is 11.6 Å². The van der Waals surface area contributed by atoms with Crippen LogP contribution in [0.1, 0.15) is 37.8 Å². The normalized spacial score (nSPS) is 12.1. The second kappa shape index (κ2) is 7.62. The van der Waals surface area contributed by atoms with Crippen molar-refractivity contribution in [2.24, 2.45) is 0 Å². The molecule has 0 saturated carbocycles. The maximum atomic E-state index is 5.96. The quantitative estimate of drug-likeness (QED) is 0.817. The Balaban J connectivity index is 1.96. The lowest BCUT2D eigenvalue weighted by molar-refractivity contribution is 0.700. The van der Waals surface area contributed by atoms with Crippen molar-refractivity contribution in [1.82, 2.24) is 9.97 Å². The Morgan fingerprint density at radius 1 is 1.14 bits per heavy atom. The number of nitrogens with one attached hydrogen (secondary N) is 1. The van der Waals surface area contributed by atoms with E-state index in [0.717, 1.165) is 37.1 Å². The number of hydrogen-bond donors (Lipinski definition) is 2. The van der Waals surface area contributed by atoms with Gasteiger partial charge in [0.1, 0.15) is 18.0 Å². The zero-order chi connectivity index (χ0) is 15.1. The number of nitrogens with zero attached hydrogens (tertiary/aromatic N) is 2. The standard InChI is InChI=1S/C17H24N4/c1-3-7-15-16(18)19-12-20-17(15)21-13(2)10-11-14-8-5-4-6-9-14/h4-6,8-9,12-13H,3,7,10-11H2,1-2H3,(H3,18,19,20,21). The Morgan fingerprint density at radius 3 is 2.62 bits per heavy atom. The van der Waals surface area contributed by atoms with Crippen LogP contribution < -0.4 is 11.1 Å². The first kappa shape index (κ1) is 15.3. The summed E-state index contributed by atoms with van der Waals surface area (Å²) < 4.78 is 0. The van der Waals surface area contributed by atoms with Crippen LogP contribution in [0.2, 0.25) is 0 Å². The van der Waals surface area contributed by atoms with Crippen molar-refractivity contribution in [1.29, 1.82) is 0 Å². The summed E-state index contributed by atoms with van der Waals surface area (Å²) in [5, 5.41) is 3.48. The Kier molecular flexibility index (Phi) is 5.55. The van der Waals surface area contributed by atoms with Crippen molar-refractivity contribution in [3.8, 4) is 0 Å². The molecule has 1 heterocycles. The Morgan fingerprint density at radius 2 is 1.90 bits per heavy atom. The first-order valence-corrected chi connectivity index (χ1v) is 7.60. The first-order chi connectivity index (χ1) is 10.2. The molecule has 0 spiro atoms. The van der Waals surface area contributed by atoms with E-state index in [1.807, 2.05) is 6.07 Å². The molecule has 1 aromatic carbocycles. The van der Waals surface area contributed by atoms with Crippen LogP contribution in [-0.4, -0.2) is 16.0 Å². The van der Waals surface area contributed by atoms with Crippen LogP contribution in [-0.2, 0) is 12.8 Å². The molecule has 0 aliphatic heterocycles. The number of nitrogens with two attached hydrogens (primary N) is 1. The fourth-order valence-electron chi connectivity index (χ4n) is 2.38. The summed E-state index contributed by atoms with van der Waals surface area (Å²) in [5.74, 6) is 1.47. The van der Waals surface area contributed by atoms with Crippen LogP contribution in [0.4, 0.5) is 11.6 Å². The van der Waals surface area contributed by atoms with Crippen molar-refractivity contribution in [3.63, 3.8) is 0 Å². The third-order valence-corrected chi connectivity index (χ3v) is 3.57. The number of rotatable bonds is 7. The molecule has 0 fully saturated rings. The van der Waals surface area contributed by atoms with Gasteiger partial charge in [-0.25, -0.2) is 9.97 Å². The molecular weight excluding hydrogens is 260 g/mol. The van der Waals surface area contributed by atoms with Crippen LogP contribution >= 0.6 is 0 Å². The minimum atomic E-state index is 0.343. The molecule has 21 heavy (non-hydrogen) atoms. The largest absolute Gasteiger partial charge is 0.383 e. The van der Waals surface area contributed by atoms with E-state index in [1.54, 1.807) is 0 Å². The molecule has 0 amide bonds. The van der Waals surface area contributed by atoms with Gasteiger partial charge in [0.2, 0.25) is 0 Å². The summed E-state index contributed by atoms with van der Waals surface area (Å²) in [5.41, 5.74) is 8.35. The van der Waals surface area contributed by atoms with E-state index in [1.165, 1.54) is 11.9 Å². The molecule has 1 atom stereocenters. The first-order valence-electron chi connectivity index (χ1n) is 7.60. The van der Waals surface area contributed by atoms with Gasteiger partial charge in [0.25, 0.3) is 0 Å². The molecular formula is C17H24N4. The van der Waals surface area contributed by atoms with E-state index >= 15 is 0 Å². The third-order valence-electron chi connectivity index (χ3n) is 3.57. The fraction of sp³-hybridized carbons (Fsp3) is 0.412. The summed E-state index contributed by atoms with van der Waals surface area (Å²) in [6.45, 7) is 4.31. The van der Waals surface area contributed by atoms with Gasteiger partial charge in [-0.15, -0.1) is 0 Å². The van der Waals surface area contributed by atoms with Gasteiger partial charge in [-0.3, -0.25) is 0 Å². The molecule has 2 aromatic rings. The van der Waals surface area contributed by atoms with Crippen molar-refractivity contribution in [2.75, 3.05) is 11.1 Å². The van der Waals surface area contributed by atoms with Crippen LogP contribution in [0, 0.1) is 0 Å². The number of aromatic nitrogens is 2. The lowest BCUT2D eigenvalue weighted by atomic mass is 10.1. The molecule has 1 unspecified atom stereocenters. The van der Waals surface area contributed by atoms with Gasteiger partial charge >= 0.3 is 0 Å². The zero-order valence-electron chi connectivity index (χ0n) is 12.8. The molecule has 3 N–H and O–H groups in total. The predicted octanol–water partition coefficient (Wildman–Crippen LogP) is 3.44. The molecule has 0 saturated heterocycles. The highest BCUT2D eigenvalue weighted by Gasteiger charge is 2.11. The highest BCUT2D eigenvalue weighted by Crippen LogP contribution is 2.20. The molecule has 0 radical (unpaired) electrons.